The van der Waals surface area contributed by atoms with E-state index >= 15 is 0 Å². The van der Waals surface area contributed by atoms with E-state index in [9.17, 15) is 9.59 Å². The molecule has 0 saturated carbocycles. The van der Waals surface area contributed by atoms with Gasteiger partial charge in [-0.3, -0.25) is 14.5 Å². The van der Waals surface area contributed by atoms with Crippen LogP contribution in [0.25, 0.3) is 6.08 Å². The monoisotopic (exact) mass is 556 g/mol. The maximum Gasteiger partial charge on any atom is 0.266 e. The Hall–Kier alpha value is -2.88. The van der Waals surface area contributed by atoms with Gasteiger partial charge in [0.1, 0.15) is 15.8 Å². The predicted octanol–water partition coefficient (Wildman–Crippen LogP) is 6.08. The molecule has 34 heavy (non-hydrogen) atoms. The zero-order valence-electron chi connectivity index (χ0n) is 18.5. The third-order valence-electron chi connectivity index (χ3n) is 5.06. The minimum atomic E-state index is -0.252. The van der Waals surface area contributed by atoms with Crippen LogP contribution in [0.1, 0.15) is 22.5 Å². The van der Waals surface area contributed by atoms with Crippen LogP contribution in [0.3, 0.4) is 0 Å². The molecule has 1 aromatic heterocycles. The Morgan fingerprint density at radius 3 is 2.68 bits per heavy atom. The normalized spacial score (nSPS) is 14.7. The second kappa shape index (κ2) is 10.6. The Morgan fingerprint density at radius 2 is 1.97 bits per heavy atom. The molecule has 0 atom stereocenters. The Bertz CT molecular complexity index is 1260. The number of nitrogens with zero attached hydrogens (tertiary/aromatic N) is 1. The van der Waals surface area contributed by atoms with Gasteiger partial charge in [0.2, 0.25) is 0 Å². The fourth-order valence-electron chi connectivity index (χ4n) is 3.47. The number of rotatable bonds is 7. The van der Waals surface area contributed by atoms with Crippen LogP contribution in [0.5, 0.6) is 5.75 Å². The van der Waals surface area contributed by atoms with Crippen LogP contribution < -0.4 is 10.1 Å². The average Bonchev–Trinajstić information content (AvgIpc) is 3.39. The van der Waals surface area contributed by atoms with E-state index in [2.05, 4.69) is 21.2 Å². The van der Waals surface area contributed by atoms with Crippen LogP contribution in [0.15, 0.2) is 68.6 Å². The minimum absolute atomic E-state index is 0.135. The van der Waals surface area contributed by atoms with Crippen LogP contribution >= 0.6 is 39.9 Å². The molecule has 3 aromatic rings. The molecular formula is C25H21BrN2O4S2. The van der Waals surface area contributed by atoms with Gasteiger partial charge in [-0.25, -0.2) is 0 Å². The molecular weight excluding hydrogens is 536 g/mol. The van der Waals surface area contributed by atoms with E-state index in [0.717, 1.165) is 26.9 Å². The van der Waals surface area contributed by atoms with Crippen molar-refractivity contribution in [2.45, 2.75) is 20.4 Å². The standard InChI is InChI=1S/C25H21BrN2O4S2/c1-15-9-18(26)10-16(2)23(15)27-22(29)14-32-19-6-3-5-17(11-19)12-21-24(30)28(25(33)34-21)13-20-7-4-8-31-20/h3-12H,13-14H2,1-2H3,(H,27,29)/b21-12-. The van der Waals surface area contributed by atoms with E-state index in [1.54, 1.807) is 36.6 Å². The van der Waals surface area contributed by atoms with Gasteiger partial charge >= 0.3 is 0 Å². The quantitative estimate of drug-likeness (QED) is 0.281. The van der Waals surface area contributed by atoms with Crippen molar-refractivity contribution in [3.05, 3.63) is 86.6 Å². The molecule has 1 saturated heterocycles. The number of anilines is 1. The van der Waals surface area contributed by atoms with E-state index in [4.69, 9.17) is 21.4 Å². The average molecular weight is 557 g/mol. The van der Waals surface area contributed by atoms with E-state index in [1.165, 1.54) is 16.7 Å². The number of halogens is 1. The molecule has 1 N–H and O–H groups in total. The second-order valence-electron chi connectivity index (χ2n) is 7.67. The molecule has 4 rings (SSSR count). The zero-order chi connectivity index (χ0) is 24.2. The summed E-state index contributed by atoms with van der Waals surface area (Å²) < 4.78 is 12.5. The summed E-state index contributed by atoms with van der Waals surface area (Å²) in [5.74, 6) is 0.772. The highest BCUT2D eigenvalue weighted by atomic mass is 79.9. The predicted molar refractivity (Wildman–Crippen MR) is 142 cm³/mol. The van der Waals surface area contributed by atoms with Gasteiger partial charge in [-0.2, -0.15) is 0 Å². The first-order valence-electron chi connectivity index (χ1n) is 10.4. The highest BCUT2D eigenvalue weighted by Gasteiger charge is 2.32. The number of hydrogen-bond acceptors (Lipinski definition) is 6. The summed E-state index contributed by atoms with van der Waals surface area (Å²) in [4.78, 5) is 27.3. The number of ether oxygens (including phenoxy) is 1. The van der Waals surface area contributed by atoms with E-state index in [1.807, 2.05) is 38.1 Å². The van der Waals surface area contributed by atoms with Gasteiger partial charge in [0.15, 0.2) is 6.61 Å². The molecule has 0 radical (unpaired) electrons. The van der Waals surface area contributed by atoms with Crippen molar-refractivity contribution < 1.29 is 18.7 Å². The molecule has 1 aliphatic rings. The second-order valence-corrected chi connectivity index (χ2v) is 10.3. The molecule has 2 aromatic carbocycles. The van der Waals surface area contributed by atoms with Crippen LogP contribution in [-0.4, -0.2) is 27.6 Å². The highest BCUT2D eigenvalue weighted by Crippen LogP contribution is 2.34. The fourth-order valence-corrected chi connectivity index (χ4v) is 5.41. The van der Waals surface area contributed by atoms with Crippen molar-refractivity contribution in [2.75, 3.05) is 11.9 Å². The Balaban J connectivity index is 1.39. The molecule has 0 bridgehead atoms. The summed E-state index contributed by atoms with van der Waals surface area (Å²) in [7, 11) is 0. The van der Waals surface area contributed by atoms with Gasteiger partial charge in [-0.05, 0) is 73.0 Å². The van der Waals surface area contributed by atoms with Crippen molar-refractivity contribution in [3.8, 4) is 5.75 Å². The molecule has 6 nitrogen and oxygen atoms in total. The first-order chi connectivity index (χ1) is 16.3. The first-order valence-corrected chi connectivity index (χ1v) is 12.4. The van der Waals surface area contributed by atoms with Crippen molar-refractivity contribution in [1.82, 2.24) is 4.90 Å². The molecule has 0 unspecified atom stereocenters. The SMILES string of the molecule is Cc1cc(Br)cc(C)c1NC(=O)COc1cccc(/C=C2\SC(=S)N(Cc3ccco3)C2=O)c1. The largest absolute Gasteiger partial charge is 0.484 e. The number of amides is 2. The van der Waals surface area contributed by atoms with Crippen molar-refractivity contribution in [1.29, 1.82) is 0 Å². The number of nitrogens with one attached hydrogen (secondary N) is 1. The van der Waals surface area contributed by atoms with Gasteiger partial charge in [-0.1, -0.05) is 52.0 Å². The van der Waals surface area contributed by atoms with Gasteiger partial charge in [0.05, 0.1) is 17.7 Å². The summed E-state index contributed by atoms with van der Waals surface area (Å²) in [5, 5.41) is 2.91. The van der Waals surface area contributed by atoms with Crippen LogP contribution in [0.4, 0.5) is 5.69 Å². The molecule has 0 aliphatic carbocycles. The van der Waals surface area contributed by atoms with Crippen LogP contribution in [-0.2, 0) is 16.1 Å². The third kappa shape index (κ3) is 5.78. The maximum absolute atomic E-state index is 12.8. The van der Waals surface area contributed by atoms with Crippen molar-refractivity contribution >= 4 is 67.8 Å². The van der Waals surface area contributed by atoms with Gasteiger partial charge in [0.25, 0.3) is 11.8 Å². The van der Waals surface area contributed by atoms with Crippen molar-refractivity contribution in [2.24, 2.45) is 0 Å². The highest BCUT2D eigenvalue weighted by molar-refractivity contribution is 9.10. The molecule has 9 heteroatoms. The van der Waals surface area contributed by atoms with E-state index in [-0.39, 0.29) is 18.4 Å². The van der Waals surface area contributed by atoms with Gasteiger partial charge in [0, 0.05) is 10.2 Å². The number of thioether (sulfide) groups is 1. The molecule has 1 aliphatic heterocycles. The number of benzene rings is 2. The number of thiocarbonyl (C=S) groups is 1. The first kappa shape index (κ1) is 24.3. The zero-order valence-corrected chi connectivity index (χ0v) is 21.7. The minimum Gasteiger partial charge on any atom is -0.484 e. The number of hydrogen-bond donors (Lipinski definition) is 1. The fraction of sp³-hybridized carbons (Fsp3) is 0.160. The number of carbonyl (C=O) groups excluding carboxylic acids is 2. The topological polar surface area (TPSA) is 71.8 Å². The lowest BCUT2D eigenvalue weighted by atomic mass is 10.1. The summed E-state index contributed by atoms with van der Waals surface area (Å²) in [5.41, 5.74) is 3.48. The lowest BCUT2D eigenvalue weighted by Crippen LogP contribution is -2.27. The van der Waals surface area contributed by atoms with Gasteiger partial charge in [-0.15, -0.1) is 0 Å². The summed E-state index contributed by atoms with van der Waals surface area (Å²) in [6.07, 6.45) is 3.33. The lowest BCUT2D eigenvalue weighted by molar-refractivity contribution is -0.122. The lowest BCUT2D eigenvalue weighted by Gasteiger charge is -2.13. The maximum atomic E-state index is 12.8. The molecule has 0 spiro atoms. The third-order valence-corrected chi connectivity index (χ3v) is 6.89. The van der Waals surface area contributed by atoms with Gasteiger partial charge < -0.3 is 14.5 Å². The number of furan rings is 1. The summed E-state index contributed by atoms with van der Waals surface area (Å²) in [6, 6.07) is 14.7. The molecule has 2 heterocycles. The summed E-state index contributed by atoms with van der Waals surface area (Å²) >= 11 is 10.1. The van der Waals surface area contributed by atoms with Crippen LogP contribution in [0.2, 0.25) is 0 Å². The molecule has 1 fully saturated rings. The van der Waals surface area contributed by atoms with E-state index in [0.29, 0.717) is 27.3 Å². The van der Waals surface area contributed by atoms with E-state index < -0.39 is 0 Å². The Kier molecular flexibility index (Phi) is 7.55. The smallest absolute Gasteiger partial charge is 0.266 e. The Labute approximate surface area is 215 Å². The number of aryl methyl sites for hydroxylation is 2. The van der Waals surface area contributed by atoms with Crippen LogP contribution in [0, 0.1) is 13.8 Å². The Morgan fingerprint density at radius 1 is 1.21 bits per heavy atom. The summed E-state index contributed by atoms with van der Waals surface area (Å²) in [6.45, 7) is 4.04. The van der Waals surface area contributed by atoms with Crippen molar-refractivity contribution in [3.63, 3.8) is 0 Å². The molecule has 2 amide bonds. The number of carbonyl (C=O) groups is 2. The molecule has 174 valence electrons.